The molecule has 4 heteroatoms. The van der Waals surface area contributed by atoms with Crippen molar-refractivity contribution in [1.29, 1.82) is 0 Å². The fourth-order valence-electron chi connectivity index (χ4n) is 3.72. The average Bonchev–Trinajstić information content (AvgIpc) is 2.86. The minimum absolute atomic E-state index is 0.380. The molecule has 0 bridgehead atoms. The number of rotatable bonds is 2. The van der Waals surface area contributed by atoms with E-state index in [2.05, 4.69) is 9.88 Å². The van der Waals surface area contributed by atoms with Gasteiger partial charge in [0.15, 0.2) is 0 Å². The van der Waals surface area contributed by atoms with Crippen molar-refractivity contribution >= 4 is 11.8 Å². The van der Waals surface area contributed by atoms with Crippen LogP contribution in [0.15, 0.2) is 6.07 Å². The molecule has 0 radical (unpaired) electrons. The summed E-state index contributed by atoms with van der Waals surface area (Å²) >= 11 is 0. The fraction of sp³-hybridized carbons (Fsp3) is 0.600. The van der Waals surface area contributed by atoms with E-state index in [1.807, 2.05) is 19.9 Å². The van der Waals surface area contributed by atoms with Gasteiger partial charge in [-0.25, -0.2) is 9.78 Å². The van der Waals surface area contributed by atoms with Gasteiger partial charge in [0.2, 0.25) is 0 Å². The lowest BCUT2D eigenvalue weighted by atomic mass is 10.0. The summed E-state index contributed by atoms with van der Waals surface area (Å²) < 4.78 is 0. The number of fused-ring (bicyclic) bond motifs is 1. The van der Waals surface area contributed by atoms with Crippen LogP contribution in [0.2, 0.25) is 0 Å². The Morgan fingerprint density at radius 3 is 2.53 bits per heavy atom. The maximum atomic E-state index is 11.5. The largest absolute Gasteiger partial charge is 0.478 e. The summed E-state index contributed by atoms with van der Waals surface area (Å²) in [4.78, 5) is 18.2. The molecule has 0 aromatic carbocycles. The number of aromatic carboxylic acids is 1. The molecule has 2 heterocycles. The summed E-state index contributed by atoms with van der Waals surface area (Å²) in [5.74, 6) is 1.30. The number of aromatic nitrogens is 1. The molecule has 0 spiro atoms. The number of pyridine rings is 1. The van der Waals surface area contributed by atoms with E-state index in [4.69, 9.17) is 0 Å². The van der Waals surface area contributed by atoms with Gasteiger partial charge in [-0.2, -0.15) is 0 Å². The zero-order valence-electron chi connectivity index (χ0n) is 11.5. The van der Waals surface area contributed by atoms with Crippen LogP contribution in [0.1, 0.15) is 40.9 Å². The van der Waals surface area contributed by atoms with Gasteiger partial charge >= 0.3 is 5.97 Å². The lowest BCUT2D eigenvalue weighted by Crippen LogP contribution is -2.25. The molecule has 4 nitrogen and oxygen atoms in total. The number of carbonyl (C=O) groups is 1. The number of anilines is 1. The summed E-state index contributed by atoms with van der Waals surface area (Å²) in [5, 5.41) is 9.43. The third-order valence-electron chi connectivity index (χ3n) is 4.57. The van der Waals surface area contributed by atoms with Crippen LogP contribution in [-0.2, 0) is 0 Å². The second-order valence-electron chi connectivity index (χ2n) is 5.94. The first-order chi connectivity index (χ1) is 9.06. The second kappa shape index (κ2) is 4.51. The maximum absolute atomic E-state index is 11.5. The molecule has 2 fully saturated rings. The quantitative estimate of drug-likeness (QED) is 0.888. The Labute approximate surface area is 113 Å². The molecule has 19 heavy (non-hydrogen) atoms. The van der Waals surface area contributed by atoms with Crippen molar-refractivity contribution in [3.8, 4) is 0 Å². The maximum Gasteiger partial charge on any atom is 0.339 e. The lowest BCUT2D eigenvalue weighted by Gasteiger charge is -2.22. The number of carboxylic acid groups (broad SMARTS) is 1. The predicted octanol–water partition coefficient (Wildman–Crippen LogP) is 2.63. The Hall–Kier alpha value is -1.58. The minimum Gasteiger partial charge on any atom is -0.478 e. The first kappa shape index (κ1) is 12.5. The summed E-state index contributed by atoms with van der Waals surface area (Å²) in [6, 6.07) is 1.85. The van der Waals surface area contributed by atoms with Crippen molar-refractivity contribution < 1.29 is 9.90 Å². The number of carboxylic acids is 1. The Bertz CT molecular complexity index is 515. The molecule has 1 aromatic rings. The van der Waals surface area contributed by atoms with E-state index in [1.54, 1.807) is 0 Å². The smallest absolute Gasteiger partial charge is 0.339 e. The molecular weight excluding hydrogens is 240 g/mol. The molecular formula is C15H20N2O2. The van der Waals surface area contributed by atoms with E-state index in [0.29, 0.717) is 11.4 Å². The molecule has 1 aliphatic heterocycles. The Morgan fingerprint density at radius 2 is 1.95 bits per heavy atom. The van der Waals surface area contributed by atoms with Crippen LogP contribution in [0.25, 0.3) is 0 Å². The summed E-state index contributed by atoms with van der Waals surface area (Å²) in [7, 11) is 0. The molecule has 1 N–H and O–H groups in total. The van der Waals surface area contributed by atoms with E-state index in [0.717, 1.165) is 36.2 Å². The van der Waals surface area contributed by atoms with Gasteiger partial charge in [-0.15, -0.1) is 0 Å². The van der Waals surface area contributed by atoms with Gasteiger partial charge in [-0.1, -0.05) is 6.42 Å². The van der Waals surface area contributed by atoms with Gasteiger partial charge in [0.1, 0.15) is 11.4 Å². The first-order valence-electron chi connectivity index (χ1n) is 7.02. The highest BCUT2D eigenvalue weighted by Gasteiger charge is 2.38. The van der Waals surface area contributed by atoms with Crippen molar-refractivity contribution in [2.75, 3.05) is 18.0 Å². The highest BCUT2D eigenvalue weighted by Crippen LogP contribution is 2.40. The Morgan fingerprint density at radius 1 is 1.32 bits per heavy atom. The molecule has 3 rings (SSSR count). The van der Waals surface area contributed by atoms with Crippen LogP contribution >= 0.6 is 0 Å². The molecule has 2 atom stereocenters. The fourth-order valence-corrected chi connectivity index (χ4v) is 3.72. The number of hydrogen-bond acceptors (Lipinski definition) is 3. The van der Waals surface area contributed by atoms with Gasteiger partial charge in [0.25, 0.3) is 0 Å². The standard InChI is InChI=1S/C15H20N2O2/c1-9-6-10(2)16-14(13(9)15(18)19)17-7-11-4-3-5-12(11)8-17/h6,11-12H,3-5,7-8H2,1-2H3,(H,18,19). The number of hydrogen-bond donors (Lipinski definition) is 1. The van der Waals surface area contributed by atoms with Crippen LogP contribution in [-0.4, -0.2) is 29.1 Å². The van der Waals surface area contributed by atoms with Crippen molar-refractivity contribution in [2.45, 2.75) is 33.1 Å². The molecule has 102 valence electrons. The van der Waals surface area contributed by atoms with Gasteiger partial charge in [-0.05, 0) is 50.2 Å². The molecule has 1 aliphatic carbocycles. The number of nitrogens with zero attached hydrogens (tertiary/aromatic N) is 2. The first-order valence-corrected chi connectivity index (χ1v) is 7.02. The van der Waals surface area contributed by atoms with Gasteiger partial charge < -0.3 is 10.0 Å². The summed E-state index contributed by atoms with van der Waals surface area (Å²) in [5.41, 5.74) is 2.09. The van der Waals surface area contributed by atoms with Crippen LogP contribution in [0.4, 0.5) is 5.82 Å². The van der Waals surface area contributed by atoms with Crippen LogP contribution < -0.4 is 4.90 Å². The molecule has 1 saturated carbocycles. The van der Waals surface area contributed by atoms with E-state index in [-0.39, 0.29) is 0 Å². The highest BCUT2D eigenvalue weighted by molar-refractivity contribution is 5.95. The highest BCUT2D eigenvalue weighted by atomic mass is 16.4. The van der Waals surface area contributed by atoms with E-state index in [9.17, 15) is 9.90 Å². The Balaban J connectivity index is 1.98. The zero-order valence-corrected chi connectivity index (χ0v) is 11.5. The zero-order chi connectivity index (χ0) is 13.6. The monoisotopic (exact) mass is 260 g/mol. The van der Waals surface area contributed by atoms with Crippen LogP contribution in [0.5, 0.6) is 0 Å². The van der Waals surface area contributed by atoms with Gasteiger partial charge in [-0.3, -0.25) is 0 Å². The molecule has 1 saturated heterocycles. The van der Waals surface area contributed by atoms with E-state index >= 15 is 0 Å². The normalized spacial score (nSPS) is 25.7. The Kier molecular flexibility index (Phi) is 2.96. The molecule has 0 amide bonds. The van der Waals surface area contributed by atoms with Crippen LogP contribution in [0, 0.1) is 25.7 Å². The number of aryl methyl sites for hydroxylation is 2. The van der Waals surface area contributed by atoms with Crippen molar-refractivity contribution in [2.24, 2.45) is 11.8 Å². The average molecular weight is 260 g/mol. The van der Waals surface area contributed by atoms with E-state index < -0.39 is 5.97 Å². The minimum atomic E-state index is -0.864. The van der Waals surface area contributed by atoms with E-state index in [1.165, 1.54) is 19.3 Å². The predicted molar refractivity (Wildman–Crippen MR) is 73.7 cm³/mol. The molecule has 2 unspecified atom stereocenters. The van der Waals surface area contributed by atoms with Crippen molar-refractivity contribution in [3.63, 3.8) is 0 Å². The van der Waals surface area contributed by atoms with Gasteiger partial charge in [0, 0.05) is 18.8 Å². The lowest BCUT2D eigenvalue weighted by molar-refractivity contribution is 0.0696. The molecule has 1 aromatic heterocycles. The summed E-state index contributed by atoms with van der Waals surface area (Å²) in [6.07, 6.45) is 3.90. The molecule has 2 aliphatic rings. The third-order valence-corrected chi connectivity index (χ3v) is 4.57. The van der Waals surface area contributed by atoms with Crippen molar-refractivity contribution in [1.82, 2.24) is 4.98 Å². The van der Waals surface area contributed by atoms with Crippen molar-refractivity contribution in [3.05, 3.63) is 22.9 Å². The third kappa shape index (κ3) is 2.09. The SMILES string of the molecule is Cc1cc(C)c(C(=O)O)c(N2CC3CCCC3C2)n1. The topological polar surface area (TPSA) is 53.4 Å². The summed E-state index contributed by atoms with van der Waals surface area (Å²) in [6.45, 7) is 5.74. The van der Waals surface area contributed by atoms with Crippen LogP contribution in [0.3, 0.4) is 0 Å². The second-order valence-corrected chi connectivity index (χ2v) is 5.94. The van der Waals surface area contributed by atoms with Gasteiger partial charge in [0.05, 0.1) is 0 Å².